The highest BCUT2D eigenvalue weighted by Crippen LogP contribution is 2.22. The molecule has 3 aromatic rings. The Hall–Kier alpha value is -3.97. The van der Waals surface area contributed by atoms with Gasteiger partial charge in [0, 0.05) is 15.6 Å². The van der Waals surface area contributed by atoms with Crippen molar-refractivity contribution >= 4 is 34.0 Å². The fraction of sp³-hybridized carbons (Fsp3) is 0.0500. The van der Waals surface area contributed by atoms with E-state index < -0.39 is 11.5 Å². The first kappa shape index (κ1) is 20.8. The van der Waals surface area contributed by atoms with Crippen LogP contribution in [0.2, 0.25) is 0 Å². The van der Waals surface area contributed by atoms with Crippen molar-refractivity contribution in [1.82, 2.24) is 9.97 Å². The van der Waals surface area contributed by atoms with Gasteiger partial charge in [-0.3, -0.25) is 14.6 Å². The Morgan fingerprint density at radius 2 is 2.10 bits per heavy atom. The predicted octanol–water partition coefficient (Wildman–Crippen LogP) is 2.38. The van der Waals surface area contributed by atoms with E-state index >= 15 is 0 Å². The lowest BCUT2D eigenvalue weighted by atomic mass is 10.1. The molecule has 1 amide bonds. The van der Waals surface area contributed by atoms with Gasteiger partial charge in [0.1, 0.15) is 17.4 Å². The average Bonchev–Trinajstić information content (AvgIpc) is 2.73. The van der Waals surface area contributed by atoms with Crippen molar-refractivity contribution in [1.29, 1.82) is 5.26 Å². The van der Waals surface area contributed by atoms with Gasteiger partial charge in [-0.05, 0) is 18.2 Å². The molecule has 0 fully saturated rings. The lowest BCUT2D eigenvalue weighted by Gasteiger charge is -2.08. The number of hydrogen-bond acceptors (Lipinski definition) is 7. The van der Waals surface area contributed by atoms with Crippen LogP contribution in [0.5, 0.6) is 5.75 Å². The first-order valence-corrected chi connectivity index (χ1v) is 9.37. The standard InChI is InChI=1S/C20H15BrN6O3/c21-14-6-7-16(30-11-17(23)28)13(8-14)10-24-27-20-25-18(12-4-2-1-3-5-12)15(9-22)19(29)26-20/h1-8,10H,11H2,(H2,23,28)(H2,25,26,27,29). The van der Waals surface area contributed by atoms with Gasteiger partial charge in [-0.1, -0.05) is 46.3 Å². The normalized spacial score (nSPS) is 10.5. The van der Waals surface area contributed by atoms with Crippen molar-refractivity contribution in [3.8, 4) is 23.1 Å². The lowest BCUT2D eigenvalue weighted by Crippen LogP contribution is -2.20. The molecule has 1 aromatic heterocycles. The summed E-state index contributed by atoms with van der Waals surface area (Å²) < 4.78 is 6.13. The molecule has 0 radical (unpaired) electrons. The number of nitrogens with one attached hydrogen (secondary N) is 2. The Kier molecular flexibility index (Phi) is 6.56. The van der Waals surface area contributed by atoms with Crippen LogP contribution in [0.4, 0.5) is 5.95 Å². The van der Waals surface area contributed by atoms with Gasteiger partial charge in [0.2, 0.25) is 5.95 Å². The molecule has 4 N–H and O–H groups in total. The summed E-state index contributed by atoms with van der Waals surface area (Å²) in [7, 11) is 0. The van der Waals surface area contributed by atoms with E-state index in [0.29, 0.717) is 16.9 Å². The first-order chi connectivity index (χ1) is 14.5. The Balaban J connectivity index is 1.88. The molecular weight excluding hydrogens is 452 g/mol. The predicted molar refractivity (Wildman–Crippen MR) is 115 cm³/mol. The number of nitriles is 1. The zero-order valence-corrected chi connectivity index (χ0v) is 17.0. The number of halogens is 1. The molecule has 0 unspecified atom stereocenters. The number of aromatic amines is 1. The van der Waals surface area contributed by atoms with Crippen LogP contribution in [-0.2, 0) is 4.79 Å². The molecule has 0 aliphatic heterocycles. The minimum Gasteiger partial charge on any atom is -0.483 e. The molecule has 10 heteroatoms. The largest absolute Gasteiger partial charge is 0.483 e. The van der Waals surface area contributed by atoms with Crippen molar-refractivity contribution < 1.29 is 9.53 Å². The highest BCUT2D eigenvalue weighted by Gasteiger charge is 2.13. The van der Waals surface area contributed by atoms with E-state index in [1.54, 1.807) is 42.5 Å². The Morgan fingerprint density at radius 1 is 1.33 bits per heavy atom. The maximum Gasteiger partial charge on any atom is 0.270 e. The van der Waals surface area contributed by atoms with Crippen LogP contribution in [0, 0.1) is 11.3 Å². The van der Waals surface area contributed by atoms with Gasteiger partial charge in [-0.2, -0.15) is 10.4 Å². The summed E-state index contributed by atoms with van der Waals surface area (Å²) in [6.07, 6.45) is 1.43. The number of primary amides is 1. The number of hydrazone groups is 1. The van der Waals surface area contributed by atoms with Gasteiger partial charge in [0.15, 0.2) is 6.61 Å². The van der Waals surface area contributed by atoms with Gasteiger partial charge in [-0.15, -0.1) is 0 Å². The zero-order valence-electron chi connectivity index (χ0n) is 15.4. The van der Waals surface area contributed by atoms with Crippen LogP contribution in [0.1, 0.15) is 11.1 Å². The molecule has 3 rings (SSSR count). The van der Waals surface area contributed by atoms with Crippen LogP contribution >= 0.6 is 15.9 Å². The molecule has 0 bridgehead atoms. The third-order valence-corrected chi connectivity index (χ3v) is 4.29. The smallest absolute Gasteiger partial charge is 0.270 e. The number of ether oxygens (including phenoxy) is 1. The number of hydrogen-bond donors (Lipinski definition) is 3. The summed E-state index contributed by atoms with van der Waals surface area (Å²) in [5.74, 6) is -0.149. The fourth-order valence-corrected chi connectivity index (χ4v) is 2.88. The molecule has 0 aliphatic rings. The van der Waals surface area contributed by atoms with E-state index in [2.05, 4.69) is 36.4 Å². The SMILES string of the molecule is N#Cc1c(-c2ccccc2)nc(NN=Cc2cc(Br)ccc2OCC(N)=O)[nH]c1=O. The van der Waals surface area contributed by atoms with E-state index in [1.165, 1.54) is 6.21 Å². The quantitative estimate of drug-likeness (QED) is 0.359. The van der Waals surface area contributed by atoms with Crippen LogP contribution in [0.3, 0.4) is 0 Å². The first-order valence-electron chi connectivity index (χ1n) is 8.57. The maximum absolute atomic E-state index is 12.3. The highest BCUT2D eigenvalue weighted by molar-refractivity contribution is 9.10. The summed E-state index contributed by atoms with van der Waals surface area (Å²) in [5.41, 5.74) is 8.49. The zero-order chi connectivity index (χ0) is 21.5. The number of H-pyrrole nitrogens is 1. The monoisotopic (exact) mass is 466 g/mol. The van der Waals surface area contributed by atoms with Crippen molar-refractivity contribution in [2.75, 3.05) is 12.0 Å². The molecule has 0 aliphatic carbocycles. The molecule has 0 atom stereocenters. The second-order valence-electron chi connectivity index (χ2n) is 5.92. The Morgan fingerprint density at radius 3 is 2.80 bits per heavy atom. The minimum absolute atomic E-state index is 0.0590. The molecule has 9 nitrogen and oxygen atoms in total. The molecule has 0 saturated carbocycles. The number of carbonyl (C=O) groups excluding carboxylic acids is 1. The lowest BCUT2D eigenvalue weighted by molar-refractivity contribution is -0.119. The number of nitrogens with two attached hydrogens (primary N) is 1. The number of carbonyl (C=O) groups is 1. The van der Waals surface area contributed by atoms with Gasteiger partial charge < -0.3 is 10.5 Å². The van der Waals surface area contributed by atoms with Crippen molar-refractivity contribution in [2.45, 2.75) is 0 Å². The van der Waals surface area contributed by atoms with Crippen LogP contribution in [-0.4, -0.2) is 28.7 Å². The van der Waals surface area contributed by atoms with Crippen LogP contribution < -0.4 is 21.5 Å². The summed E-state index contributed by atoms with van der Waals surface area (Å²) in [4.78, 5) is 30.0. The topological polar surface area (TPSA) is 146 Å². The van der Waals surface area contributed by atoms with Gasteiger partial charge in [0.05, 0.1) is 11.9 Å². The number of aromatic nitrogens is 2. The summed E-state index contributed by atoms with van der Waals surface area (Å²) in [6, 6.07) is 15.9. The average molecular weight is 467 g/mol. The van der Waals surface area contributed by atoms with Crippen molar-refractivity contribution in [3.05, 3.63) is 74.5 Å². The summed E-state index contributed by atoms with van der Waals surface area (Å²) >= 11 is 3.35. The number of benzene rings is 2. The molecule has 30 heavy (non-hydrogen) atoms. The second kappa shape index (κ2) is 9.49. The van der Waals surface area contributed by atoms with Gasteiger partial charge in [-0.25, -0.2) is 10.4 Å². The number of amides is 1. The van der Waals surface area contributed by atoms with Crippen LogP contribution in [0.15, 0.2) is 62.9 Å². The maximum atomic E-state index is 12.3. The van der Waals surface area contributed by atoms with Gasteiger partial charge >= 0.3 is 0 Å². The molecule has 0 spiro atoms. The third-order valence-electron chi connectivity index (χ3n) is 3.79. The molecule has 2 aromatic carbocycles. The van der Waals surface area contributed by atoms with E-state index in [4.69, 9.17) is 10.5 Å². The summed E-state index contributed by atoms with van der Waals surface area (Å²) in [5, 5.41) is 13.4. The number of anilines is 1. The number of nitrogens with zero attached hydrogens (tertiary/aromatic N) is 3. The molecule has 0 saturated heterocycles. The Labute approximate surface area is 179 Å². The Bertz CT molecular complexity index is 1200. The highest BCUT2D eigenvalue weighted by atomic mass is 79.9. The summed E-state index contributed by atoms with van der Waals surface area (Å²) in [6.45, 7) is -0.277. The second-order valence-corrected chi connectivity index (χ2v) is 6.84. The van der Waals surface area contributed by atoms with E-state index in [1.807, 2.05) is 12.1 Å². The molecular formula is C20H15BrN6O3. The minimum atomic E-state index is -0.605. The van der Waals surface area contributed by atoms with E-state index in [-0.39, 0.29) is 23.8 Å². The van der Waals surface area contributed by atoms with Crippen LogP contribution in [0.25, 0.3) is 11.3 Å². The van der Waals surface area contributed by atoms with E-state index in [0.717, 1.165) is 4.47 Å². The molecule has 1 heterocycles. The van der Waals surface area contributed by atoms with Crippen molar-refractivity contribution in [2.24, 2.45) is 10.8 Å². The fourth-order valence-electron chi connectivity index (χ4n) is 2.50. The van der Waals surface area contributed by atoms with E-state index in [9.17, 15) is 14.9 Å². The third kappa shape index (κ3) is 5.09. The van der Waals surface area contributed by atoms with Gasteiger partial charge in [0.25, 0.3) is 11.5 Å². The number of rotatable bonds is 7. The van der Waals surface area contributed by atoms with Crippen molar-refractivity contribution in [3.63, 3.8) is 0 Å². The molecule has 150 valence electrons.